The monoisotopic (exact) mass is 385 g/mol. The minimum Gasteiger partial charge on any atom is -0.481 e. The summed E-state index contributed by atoms with van der Waals surface area (Å²) >= 11 is 0. The minimum atomic E-state index is -0.640. The molecule has 0 saturated heterocycles. The van der Waals surface area contributed by atoms with E-state index in [2.05, 4.69) is 59.7 Å². The van der Waals surface area contributed by atoms with Crippen molar-refractivity contribution in [2.75, 3.05) is 5.32 Å². The third-order valence-electron chi connectivity index (χ3n) is 4.93. The molecule has 0 saturated carbocycles. The van der Waals surface area contributed by atoms with Gasteiger partial charge in [0.15, 0.2) is 11.9 Å². The first kappa shape index (κ1) is 18.7. The molecular formula is C24H23N3O2. The number of hydrogen-bond donors (Lipinski definition) is 2. The Labute approximate surface area is 169 Å². The van der Waals surface area contributed by atoms with Gasteiger partial charge < -0.3 is 10.1 Å². The summed E-state index contributed by atoms with van der Waals surface area (Å²) in [6.07, 6.45) is -0.640. The van der Waals surface area contributed by atoms with Crippen LogP contribution in [0, 0.1) is 13.8 Å². The van der Waals surface area contributed by atoms with Gasteiger partial charge in [-0.2, -0.15) is 5.10 Å². The zero-order chi connectivity index (χ0) is 20.4. The maximum absolute atomic E-state index is 12.5. The van der Waals surface area contributed by atoms with Gasteiger partial charge in [0, 0.05) is 5.39 Å². The quantitative estimate of drug-likeness (QED) is 0.493. The number of aryl methyl sites for hydroxylation is 2. The number of ether oxygens (including phenoxy) is 1. The lowest BCUT2D eigenvalue weighted by atomic mass is 9.98. The highest BCUT2D eigenvalue weighted by molar-refractivity contribution is 6.02. The van der Waals surface area contributed by atoms with Gasteiger partial charge in [-0.1, -0.05) is 48.0 Å². The van der Waals surface area contributed by atoms with Crippen molar-refractivity contribution in [1.82, 2.24) is 10.2 Å². The molecule has 1 aromatic heterocycles. The van der Waals surface area contributed by atoms with Crippen LogP contribution in [0.15, 0.2) is 66.7 Å². The van der Waals surface area contributed by atoms with Crippen LogP contribution in [-0.2, 0) is 4.79 Å². The van der Waals surface area contributed by atoms with Crippen LogP contribution in [0.3, 0.4) is 0 Å². The van der Waals surface area contributed by atoms with Crippen molar-refractivity contribution in [2.45, 2.75) is 26.9 Å². The number of H-pyrrole nitrogens is 1. The number of rotatable bonds is 5. The van der Waals surface area contributed by atoms with E-state index in [1.54, 1.807) is 6.92 Å². The number of hydrogen-bond acceptors (Lipinski definition) is 3. The standard InChI is InChI=1S/C24H23N3O2/c1-15-9-10-16(2)21(13-15)18-11-12-20-22(14-18)26-27-23(20)25-24(28)17(3)29-19-7-5-4-6-8-19/h4-14,17H,1-3H3,(H2,25,26,27,28). The van der Waals surface area contributed by atoms with Gasteiger partial charge in [0.1, 0.15) is 5.75 Å². The fourth-order valence-corrected chi connectivity index (χ4v) is 3.30. The van der Waals surface area contributed by atoms with Crippen molar-refractivity contribution in [2.24, 2.45) is 0 Å². The summed E-state index contributed by atoms with van der Waals surface area (Å²) in [6.45, 7) is 5.91. The Hall–Kier alpha value is -3.60. The minimum absolute atomic E-state index is 0.249. The molecule has 0 aliphatic heterocycles. The van der Waals surface area contributed by atoms with E-state index in [0.717, 1.165) is 16.5 Å². The highest BCUT2D eigenvalue weighted by Gasteiger charge is 2.18. The predicted octanol–water partition coefficient (Wildman–Crippen LogP) is 5.25. The molecule has 0 fully saturated rings. The van der Waals surface area contributed by atoms with E-state index in [4.69, 9.17) is 4.74 Å². The number of nitrogens with zero attached hydrogens (tertiary/aromatic N) is 1. The van der Waals surface area contributed by atoms with Crippen molar-refractivity contribution in [3.05, 3.63) is 77.9 Å². The second-order valence-corrected chi connectivity index (χ2v) is 7.21. The van der Waals surface area contributed by atoms with Gasteiger partial charge in [0.2, 0.25) is 0 Å². The number of aromatic amines is 1. The number of aromatic nitrogens is 2. The number of fused-ring (bicyclic) bond motifs is 1. The molecule has 0 radical (unpaired) electrons. The molecule has 4 aromatic rings. The predicted molar refractivity (Wildman–Crippen MR) is 116 cm³/mol. The van der Waals surface area contributed by atoms with E-state index in [0.29, 0.717) is 11.6 Å². The molecular weight excluding hydrogens is 362 g/mol. The van der Waals surface area contributed by atoms with Crippen molar-refractivity contribution in [3.63, 3.8) is 0 Å². The summed E-state index contributed by atoms with van der Waals surface area (Å²) in [5.74, 6) is 0.905. The molecule has 2 N–H and O–H groups in total. The lowest BCUT2D eigenvalue weighted by Gasteiger charge is -2.13. The van der Waals surface area contributed by atoms with Crippen LogP contribution >= 0.6 is 0 Å². The number of amides is 1. The Kier molecular flexibility index (Phi) is 5.04. The number of para-hydroxylation sites is 1. The SMILES string of the molecule is Cc1ccc(C)c(-c2ccc3c(NC(=O)C(C)Oc4ccccc4)n[nH]c3c2)c1. The first-order valence-corrected chi connectivity index (χ1v) is 9.59. The molecule has 1 unspecified atom stereocenters. The highest BCUT2D eigenvalue weighted by Crippen LogP contribution is 2.29. The molecule has 0 aliphatic carbocycles. The largest absolute Gasteiger partial charge is 0.481 e. The van der Waals surface area contributed by atoms with Gasteiger partial charge in [0.25, 0.3) is 5.91 Å². The van der Waals surface area contributed by atoms with Crippen LogP contribution in [0.4, 0.5) is 5.82 Å². The van der Waals surface area contributed by atoms with E-state index in [-0.39, 0.29) is 5.91 Å². The first-order valence-electron chi connectivity index (χ1n) is 9.59. The zero-order valence-electron chi connectivity index (χ0n) is 16.7. The normalized spacial score (nSPS) is 12.0. The number of nitrogens with one attached hydrogen (secondary N) is 2. The molecule has 1 heterocycles. The molecule has 5 heteroatoms. The van der Waals surface area contributed by atoms with Crippen LogP contribution in [0.5, 0.6) is 5.75 Å². The smallest absolute Gasteiger partial charge is 0.266 e. The fraction of sp³-hybridized carbons (Fsp3) is 0.167. The molecule has 0 aliphatic rings. The Morgan fingerprint density at radius 3 is 2.62 bits per heavy atom. The summed E-state index contributed by atoms with van der Waals surface area (Å²) in [5, 5.41) is 11.0. The topological polar surface area (TPSA) is 67.0 Å². The fourth-order valence-electron chi connectivity index (χ4n) is 3.30. The van der Waals surface area contributed by atoms with Crippen molar-refractivity contribution in [3.8, 4) is 16.9 Å². The first-order chi connectivity index (χ1) is 14.0. The Morgan fingerprint density at radius 1 is 1.03 bits per heavy atom. The molecule has 3 aromatic carbocycles. The van der Waals surface area contributed by atoms with Gasteiger partial charge >= 0.3 is 0 Å². The van der Waals surface area contributed by atoms with Crippen molar-refractivity contribution >= 4 is 22.6 Å². The van der Waals surface area contributed by atoms with Crippen LogP contribution in [-0.4, -0.2) is 22.2 Å². The Balaban J connectivity index is 1.54. The molecule has 0 spiro atoms. The summed E-state index contributed by atoms with van der Waals surface area (Å²) in [6, 6.07) is 21.8. The Bertz CT molecular complexity index is 1170. The second kappa shape index (κ2) is 7.80. The van der Waals surface area contributed by atoms with Gasteiger partial charge in [-0.15, -0.1) is 0 Å². The van der Waals surface area contributed by atoms with Crippen LogP contribution < -0.4 is 10.1 Å². The average molecular weight is 385 g/mol. The molecule has 4 rings (SSSR count). The summed E-state index contributed by atoms with van der Waals surface area (Å²) in [4.78, 5) is 12.5. The van der Waals surface area contributed by atoms with E-state index < -0.39 is 6.10 Å². The van der Waals surface area contributed by atoms with E-state index in [1.807, 2.05) is 36.4 Å². The average Bonchev–Trinajstić information content (AvgIpc) is 3.12. The van der Waals surface area contributed by atoms with Gasteiger partial charge in [-0.25, -0.2) is 0 Å². The lowest BCUT2D eigenvalue weighted by Crippen LogP contribution is -2.30. The molecule has 0 bridgehead atoms. The molecule has 5 nitrogen and oxygen atoms in total. The van der Waals surface area contributed by atoms with Crippen LogP contribution in [0.25, 0.3) is 22.0 Å². The van der Waals surface area contributed by atoms with E-state index in [9.17, 15) is 4.79 Å². The number of benzene rings is 3. The van der Waals surface area contributed by atoms with Crippen molar-refractivity contribution < 1.29 is 9.53 Å². The lowest BCUT2D eigenvalue weighted by molar-refractivity contribution is -0.122. The summed E-state index contributed by atoms with van der Waals surface area (Å²) < 4.78 is 5.69. The number of carbonyl (C=O) groups excluding carboxylic acids is 1. The number of anilines is 1. The highest BCUT2D eigenvalue weighted by atomic mass is 16.5. The van der Waals surface area contributed by atoms with Crippen LogP contribution in [0.2, 0.25) is 0 Å². The van der Waals surface area contributed by atoms with E-state index in [1.165, 1.54) is 16.7 Å². The van der Waals surface area contributed by atoms with Crippen molar-refractivity contribution in [1.29, 1.82) is 0 Å². The third-order valence-corrected chi connectivity index (χ3v) is 4.93. The molecule has 29 heavy (non-hydrogen) atoms. The maximum atomic E-state index is 12.5. The van der Waals surface area contributed by atoms with Gasteiger partial charge in [0.05, 0.1) is 5.52 Å². The van der Waals surface area contributed by atoms with Crippen LogP contribution in [0.1, 0.15) is 18.1 Å². The number of carbonyl (C=O) groups is 1. The van der Waals surface area contributed by atoms with E-state index >= 15 is 0 Å². The Morgan fingerprint density at radius 2 is 1.83 bits per heavy atom. The maximum Gasteiger partial charge on any atom is 0.266 e. The zero-order valence-corrected chi connectivity index (χ0v) is 16.7. The third kappa shape index (κ3) is 3.99. The summed E-state index contributed by atoms with van der Waals surface area (Å²) in [5.41, 5.74) is 5.61. The second-order valence-electron chi connectivity index (χ2n) is 7.21. The molecule has 1 amide bonds. The van der Waals surface area contributed by atoms with Gasteiger partial charge in [-0.05, 0) is 61.7 Å². The molecule has 1 atom stereocenters. The summed E-state index contributed by atoms with van der Waals surface area (Å²) in [7, 11) is 0. The van der Waals surface area contributed by atoms with Gasteiger partial charge in [-0.3, -0.25) is 9.89 Å². The molecule has 146 valence electrons.